The van der Waals surface area contributed by atoms with E-state index in [0.717, 1.165) is 23.7 Å². The van der Waals surface area contributed by atoms with Crippen LogP contribution in [0.2, 0.25) is 0 Å². The zero-order valence-corrected chi connectivity index (χ0v) is 16.8. The molecular formula is C17H12F4N4O4S2. The second-order valence-corrected chi connectivity index (χ2v) is 8.33. The molecule has 164 valence electrons. The summed E-state index contributed by atoms with van der Waals surface area (Å²) in [6, 6.07) is 7.72. The molecule has 8 nitrogen and oxygen atoms in total. The molecule has 1 amide bonds. The van der Waals surface area contributed by atoms with Crippen molar-refractivity contribution < 1.29 is 35.5 Å². The molecule has 0 bridgehead atoms. The van der Waals surface area contributed by atoms with Crippen molar-refractivity contribution in [2.24, 2.45) is 0 Å². The highest BCUT2D eigenvalue weighted by atomic mass is 32.2. The van der Waals surface area contributed by atoms with Gasteiger partial charge in [0.05, 0.1) is 4.90 Å². The molecule has 0 radical (unpaired) electrons. The summed E-state index contributed by atoms with van der Waals surface area (Å²) in [6.07, 6.45) is -3.83. The van der Waals surface area contributed by atoms with E-state index in [2.05, 4.69) is 24.1 Å². The van der Waals surface area contributed by atoms with E-state index in [1.54, 1.807) is 0 Å². The molecule has 1 heterocycles. The van der Waals surface area contributed by atoms with Crippen LogP contribution < -0.4 is 14.8 Å². The number of anilines is 1. The number of ether oxygens (including phenoxy) is 1. The van der Waals surface area contributed by atoms with Gasteiger partial charge in [0, 0.05) is 23.6 Å². The lowest BCUT2D eigenvalue weighted by Crippen LogP contribution is -2.23. The minimum Gasteiger partial charge on any atom is -0.403 e. The van der Waals surface area contributed by atoms with Crippen molar-refractivity contribution in [2.45, 2.75) is 17.8 Å². The molecule has 0 atom stereocenters. The average Bonchev–Trinajstić information content (AvgIpc) is 3.19. The first-order valence-electron chi connectivity index (χ1n) is 8.25. The maximum absolute atomic E-state index is 13.7. The summed E-state index contributed by atoms with van der Waals surface area (Å²) < 4.78 is 84.2. The molecule has 0 aliphatic carbocycles. The van der Waals surface area contributed by atoms with Gasteiger partial charge in [-0.3, -0.25) is 9.52 Å². The van der Waals surface area contributed by atoms with Gasteiger partial charge in [-0.05, 0) is 42.0 Å². The summed E-state index contributed by atoms with van der Waals surface area (Å²) in [5, 5.41) is 2.54. The van der Waals surface area contributed by atoms with E-state index in [4.69, 9.17) is 0 Å². The molecule has 1 aromatic heterocycles. The fourth-order valence-corrected chi connectivity index (χ4v) is 3.98. The first-order chi connectivity index (χ1) is 14.5. The van der Waals surface area contributed by atoms with Crippen LogP contribution in [0.5, 0.6) is 5.75 Å². The Hall–Kier alpha value is -3.26. The monoisotopic (exact) mass is 476 g/mol. The van der Waals surface area contributed by atoms with E-state index in [1.165, 1.54) is 36.7 Å². The lowest BCUT2D eigenvalue weighted by Gasteiger charge is -2.11. The molecule has 0 aliphatic heterocycles. The van der Waals surface area contributed by atoms with Crippen molar-refractivity contribution in [2.75, 3.05) is 4.72 Å². The van der Waals surface area contributed by atoms with Crippen LogP contribution in [0.15, 0.2) is 53.7 Å². The number of aromatic nitrogens is 2. The summed E-state index contributed by atoms with van der Waals surface area (Å²) >= 11 is 0.856. The number of carbonyl (C=O) groups excluding carboxylic acids is 1. The molecule has 3 rings (SSSR count). The maximum atomic E-state index is 13.7. The number of halogens is 4. The highest BCUT2D eigenvalue weighted by molar-refractivity contribution is 7.93. The lowest BCUT2D eigenvalue weighted by molar-refractivity contribution is -0.275. The van der Waals surface area contributed by atoms with Gasteiger partial charge in [-0.25, -0.2) is 17.8 Å². The predicted octanol–water partition coefficient (Wildman–Crippen LogP) is 3.31. The molecule has 3 aromatic rings. The Bertz CT molecular complexity index is 1170. The largest absolute Gasteiger partial charge is 0.573 e. The summed E-state index contributed by atoms with van der Waals surface area (Å²) in [5.41, 5.74) is 0.313. The van der Waals surface area contributed by atoms with Gasteiger partial charge < -0.3 is 10.1 Å². The number of alkyl halides is 3. The van der Waals surface area contributed by atoms with Crippen LogP contribution in [0.3, 0.4) is 0 Å². The fraction of sp³-hybridized carbons (Fsp3) is 0.118. The molecule has 0 unspecified atom stereocenters. The molecule has 0 spiro atoms. The lowest BCUT2D eigenvalue weighted by atomic mass is 10.2. The van der Waals surface area contributed by atoms with Crippen molar-refractivity contribution in [3.8, 4) is 5.75 Å². The van der Waals surface area contributed by atoms with E-state index in [1.807, 2.05) is 0 Å². The van der Waals surface area contributed by atoms with E-state index in [-0.39, 0.29) is 27.7 Å². The Labute approximate surface area is 177 Å². The Morgan fingerprint density at radius 1 is 1.13 bits per heavy atom. The number of nitrogens with zero attached hydrogens (tertiary/aromatic N) is 2. The number of sulfonamides is 1. The number of benzene rings is 2. The van der Waals surface area contributed by atoms with E-state index < -0.39 is 33.9 Å². The van der Waals surface area contributed by atoms with Crippen LogP contribution in [0.25, 0.3) is 0 Å². The van der Waals surface area contributed by atoms with Crippen molar-refractivity contribution >= 4 is 32.6 Å². The van der Waals surface area contributed by atoms with Gasteiger partial charge in [0.15, 0.2) is 11.6 Å². The standard InChI is InChI=1S/C17H12F4N4O4S2/c18-13-7-10(1-6-14(13)29-17(19,20)21)8-22-15(26)11-2-4-12(5-3-11)31(27,28)25-16-23-9-24-30-16/h1-7,9H,8H2,(H,22,26)(H,23,24,25). The van der Waals surface area contributed by atoms with Crippen molar-refractivity contribution in [3.05, 3.63) is 65.7 Å². The maximum Gasteiger partial charge on any atom is 0.573 e. The topological polar surface area (TPSA) is 110 Å². The SMILES string of the molecule is O=C(NCc1ccc(OC(F)(F)F)c(F)c1)c1ccc(S(=O)(=O)Nc2ncns2)cc1. The first kappa shape index (κ1) is 22.4. The number of amides is 1. The van der Waals surface area contributed by atoms with Crippen LogP contribution in [-0.4, -0.2) is 30.0 Å². The van der Waals surface area contributed by atoms with Crippen LogP contribution in [0.4, 0.5) is 22.7 Å². The van der Waals surface area contributed by atoms with Gasteiger partial charge in [-0.2, -0.15) is 4.37 Å². The molecule has 0 fully saturated rings. The highest BCUT2D eigenvalue weighted by Gasteiger charge is 2.32. The smallest absolute Gasteiger partial charge is 0.403 e. The third-order valence-corrected chi connectivity index (χ3v) is 5.75. The van der Waals surface area contributed by atoms with Gasteiger partial charge in [-0.15, -0.1) is 13.2 Å². The normalized spacial score (nSPS) is 11.7. The molecule has 2 N–H and O–H groups in total. The van der Waals surface area contributed by atoms with Crippen LogP contribution in [0.1, 0.15) is 15.9 Å². The quantitative estimate of drug-likeness (QED) is 0.507. The average molecular weight is 476 g/mol. The highest BCUT2D eigenvalue weighted by Crippen LogP contribution is 2.26. The first-order valence-corrected chi connectivity index (χ1v) is 10.5. The zero-order valence-electron chi connectivity index (χ0n) is 15.2. The van der Waals surface area contributed by atoms with Crippen molar-refractivity contribution in [3.63, 3.8) is 0 Å². The van der Waals surface area contributed by atoms with E-state index in [0.29, 0.717) is 0 Å². The van der Waals surface area contributed by atoms with Crippen molar-refractivity contribution in [1.82, 2.24) is 14.7 Å². The van der Waals surface area contributed by atoms with Crippen LogP contribution >= 0.6 is 11.5 Å². The third kappa shape index (κ3) is 6.11. The number of rotatable bonds is 7. The number of carbonyl (C=O) groups is 1. The summed E-state index contributed by atoms with van der Waals surface area (Å²) in [4.78, 5) is 15.8. The molecule has 0 aliphatic rings. The summed E-state index contributed by atoms with van der Waals surface area (Å²) in [6.45, 7) is -0.180. The molecular weight excluding hydrogens is 464 g/mol. The van der Waals surface area contributed by atoms with Gasteiger partial charge >= 0.3 is 6.36 Å². The minimum atomic E-state index is -5.02. The Morgan fingerprint density at radius 3 is 2.42 bits per heavy atom. The summed E-state index contributed by atoms with van der Waals surface area (Å²) in [5.74, 6) is -2.82. The van der Waals surface area contributed by atoms with Crippen LogP contribution in [0, 0.1) is 5.82 Å². The Morgan fingerprint density at radius 2 is 1.84 bits per heavy atom. The Balaban J connectivity index is 1.61. The summed E-state index contributed by atoms with van der Waals surface area (Å²) in [7, 11) is -3.91. The molecule has 2 aromatic carbocycles. The van der Waals surface area contributed by atoms with Gasteiger partial charge in [0.1, 0.15) is 6.33 Å². The van der Waals surface area contributed by atoms with Gasteiger partial charge in [-0.1, -0.05) is 6.07 Å². The third-order valence-electron chi connectivity index (χ3n) is 3.68. The van der Waals surface area contributed by atoms with E-state index in [9.17, 15) is 30.8 Å². The minimum absolute atomic E-state index is 0.0840. The molecule has 0 saturated carbocycles. The van der Waals surface area contributed by atoms with Gasteiger partial charge in [0.2, 0.25) is 5.13 Å². The molecule has 31 heavy (non-hydrogen) atoms. The zero-order chi connectivity index (χ0) is 22.6. The van der Waals surface area contributed by atoms with Crippen LogP contribution in [-0.2, 0) is 16.6 Å². The molecule has 14 heteroatoms. The predicted molar refractivity (Wildman–Crippen MR) is 101 cm³/mol. The second-order valence-electron chi connectivity index (χ2n) is 5.87. The molecule has 0 saturated heterocycles. The van der Waals surface area contributed by atoms with Gasteiger partial charge in [0.25, 0.3) is 15.9 Å². The number of hydrogen-bond donors (Lipinski definition) is 2. The van der Waals surface area contributed by atoms with E-state index >= 15 is 0 Å². The number of nitrogens with one attached hydrogen (secondary N) is 2. The Kier molecular flexibility index (Phi) is 6.40. The fourth-order valence-electron chi connectivity index (χ4n) is 2.32. The van der Waals surface area contributed by atoms with Crippen molar-refractivity contribution in [1.29, 1.82) is 0 Å². The second kappa shape index (κ2) is 8.85. The number of hydrogen-bond acceptors (Lipinski definition) is 7.